The van der Waals surface area contributed by atoms with Crippen molar-refractivity contribution in [3.63, 3.8) is 0 Å². The summed E-state index contributed by atoms with van der Waals surface area (Å²) in [6, 6.07) is 16.9. The van der Waals surface area contributed by atoms with E-state index >= 15 is 0 Å². The van der Waals surface area contributed by atoms with Crippen LogP contribution >= 0.6 is 0 Å². The maximum Gasteiger partial charge on any atom is 0.253 e. The minimum Gasteiger partial charge on any atom is -0.378 e. The summed E-state index contributed by atoms with van der Waals surface area (Å²) < 4.78 is 0. The number of hydrogen-bond donors (Lipinski definition) is 1. The Labute approximate surface area is 185 Å². The molecule has 0 radical (unpaired) electrons. The third kappa shape index (κ3) is 5.18. The Morgan fingerprint density at radius 2 is 1.74 bits per heavy atom. The lowest BCUT2D eigenvalue weighted by Gasteiger charge is -2.40. The zero-order chi connectivity index (χ0) is 22.0. The second kappa shape index (κ2) is 8.86. The summed E-state index contributed by atoms with van der Waals surface area (Å²) in [7, 11) is 1.93. The van der Waals surface area contributed by atoms with Crippen molar-refractivity contribution in [2.45, 2.75) is 57.2 Å². The number of carbonyl (C=O) groups excluding carboxylic acids is 1. The minimum absolute atomic E-state index is 0.0588. The molecule has 4 rings (SSSR count). The van der Waals surface area contributed by atoms with Gasteiger partial charge in [-0.2, -0.15) is 0 Å². The number of likely N-dealkylation sites (tertiary alicyclic amines) is 1. The first kappa shape index (κ1) is 21.6. The van der Waals surface area contributed by atoms with Crippen LogP contribution in [0.25, 0.3) is 0 Å². The summed E-state index contributed by atoms with van der Waals surface area (Å²) in [6.45, 7) is 5.37. The summed E-state index contributed by atoms with van der Waals surface area (Å²) in [4.78, 5) is 17.6. The molecule has 1 aliphatic heterocycles. The van der Waals surface area contributed by atoms with E-state index in [0.29, 0.717) is 11.6 Å². The molecule has 2 aromatic carbocycles. The van der Waals surface area contributed by atoms with Crippen LogP contribution in [-0.2, 0) is 12.8 Å². The van der Waals surface area contributed by atoms with Gasteiger partial charge in [-0.1, -0.05) is 36.1 Å². The zero-order valence-corrected chi connectivity index (χ0v) is 18.8. The minimum atomic E-state index is -1.03. The van der Waals surface area contributed by atoms with Crippen molar-refractivity contribution in [3.05, 3.63) is 70.8 Å². The van der Waals surface area contributed by atoms with Crippen LogP contribution in [0, 0.1) is 11.8 Å². The molecular weight excluding hydrogens is 384 g/mol. The van der Waals surface area contributed by atoms with Crippen molar-refractivity contribution in [2.24, 2.45) is 0 Å². The Balaban J connectivity index is 1.39. The number of hydrogen-bond acceptors (Lipinski definition) is 3. The maximum atomic E-state index is 13.1. The van der Waals surface area contributed by atoms with Gasteiger partial charge in [-0.15, -0.1) is 0 Å². The third-order valence-electron chi connectivity index (χ3n) is 6.49. The number of aliphatic hydroxyl groups is 1. The fourth-order valence-electron chi connectivity index (χ4n) is 4.72. The number of rotatable bonds is 3. The molecule has 1 unspecified atom stereocenters. The number of benzene rings is 2. The molecule has 4 nitrogen and oxygen atoms in total. The molecule has 1 saturated heterocycles. The summed E-state index contributed by atoms with van der Waals surface area (Å²) >= 11 is 0. The summed E-state index contributed by atoms with van der Waals surface area (Å²) in [6.07, 6.45) is 4.41. The van der Waals surface area contributed by atoms with Crippen molar-refractivity contribution >= 4 is 5.91 Å². The van der Waals surface area contributed by atoms with Crippen LogP contribution in [0.1, 0.15) is 53.7 Å². The molecule has 1 atom stereocenters. The molecule has 1 aliphatic carbocycles. The van der Waals surface area contributed by atoms with Crippen LogP contribution < -0.4 is 0 Å². The smallest absolute Gasteiger partial charge is 0.253 e. The molecule has 0 bridgehead atoms. The Bertz CT molecular complexity index is 969. The Morgan fingerprint density at radius 1 is 1.10 bits per heavy atom. The van der Waals surface area contributed by atoms with Gasteiger partial charge in [-0.05, 0) is 81.5 Å². The van der Waals surface area contributed by atoms with E-state index in [9.17, 15) is 9.90 Å². The molecule has 1 heterocycles. The van der Waals surface area contributed by atoms with Crippen LogP contribution in [0.4, 0.5) is 0 Å². The van der Waals surface area contributed by atoms with E-state index in [-0.39, 0.29) is 11.9 Å². The van der Waals surface area contributed by atoms with Gasteiger partial charge in [0.25, 0.3) is 5.91 Å². The lowest BCUT2D eigenvalue weighted by atomic mass is 10.0. The average molecular weight is 417 g/mol. The maximum absolute atomic E-state index is 13.1. The molecule has 4 heteroatoms. The molecule has 31 heavy (non-hydrogen) atoms. The standard InChI is InChI=1S/C27H32N2O2/c1-27(2,31)15-14-20-10-12-21(13-11-20)26(30)28(3)24-9-6-16-29(19-24)25-17-22-7-4-5-8-23(22)18-25/h4-5,7-8,10-13,24-25,31H,6,9,16-19H2,1-3H3. The Morgan fingerprint density at radius 3 is 2.35 bits per heavy atom. The number of amides is 1. The van der Waals surface area contributed by atoms with Gasteiger partial charge in [0.15, 0.2) is 0 Å². The molecule has 162 valence electrons. The van der Waals surface area contributed by atoms with Gasteiger partial charge < -0.3 is 10.0 Å². The normalized spacial score (nSPS) is 19.4. The highest BCUT2D eigenvalue weighted by Crippen LogP contribution is 2.28. The van der Waals surface area contributed by atoms with Crippen molar-refractivity contribution in [1.82, 2.24) is 9.80 Å². The summed E-state index contributed by atoms with van der Waals surface area (Å²) in [5.74, 6) is 5.82. The number of piperidine rings is 1. The number of carbonyl (C=O) groups is 1. The molecule has 1 amide bonds. The van der Waals surface area contributed by atoms with E-state index in [1.807, 2.05) is 36.2 Å². The topological polar surface area (TPSA) is 43.8 Å². The number of fused-ring (bicyclic) bond motifs is 1. The van der Waals surface area contributed by atoms with E-state index in [0.717, 1.165) is 44.3 Å². The van der Waals surface area contributed by atoms with Crippen molar-refractivity contribution in [2.75, 3.05) is 20.1 Å². The SMILES string of the molecule is CN(C(=O)c1ccc(C#CC(C)(C)O)cc1)C1CCCN(C2Cc3ccccc3C2)C1. The average Bonchev–Trinajstić information content (AvgIpc) is 3.21. The third-order valence-corrected chi connectivity index (χ3v) is 6.49. The fraction of sp³-hybridized carbons (Fsp3) is 0.444. The van der Waals surface area contributed by atoms with Crippen molar-refractivity contribution < 1.29 is 9.90 Å². The monoisotopic (exact) mass is 416 g/mol. The van der Waals surface area contributed by atoms with E-state index in [1.165, 1.54) is 11.1 Å². The second-order valence-electron chi connectivity index (χ2n) is 9.42. The highest BCUT2D eigenvalue weighted by Gasteiger charge is 2.33. The van der Waals surface area contributed by atoms with Crippen LogP contribution in [0.5, 0.6) is 0 Å². The van der Waals surface area contributed by atoms with Gasteiger partial charge in [0, 0.05) is 36.8 Å². The predicted octanol–water partition coefficient (Wildman–Crippen LogP) is 3.51. The van der Waals surface area contributed by atoms with Crippen molar-refractivity contribution in [1.29, 1.82) is 0 Å². The van der Waals surface area contributed by atoms with E-state index < -0.39 is 5.60 Å². The molecule has 2 aromatic rings. The summed E-state index contributed by atoms with van der Waals surface area (Å²) in [5, 5.41) is 9.75. The van der Waals surface area contributed by atoms with E-state index in [4.69, 9.17) is 0 Å². The van der Waals surface area contributed by atoms with Gasteiger partial charge >= 0.3 is 0 Å². The molecule has 1 fully saturated rings. The highest BCUT2D eigenvalue weighted by atomic mass is 16.3. The molecule has 0 saturated carbocycles. The molecular formula is C27H32N2O2. The largest absolute Gasteiger partial charge is 0.378 e. The number of nitrogens with zero attached hydrogens (tertiary/aromatic N) is 2. The van der Waals surface area contributed by atoms with Crippen molar-refractivity contribution in [3.8, 4) is 11.8 Å². The highest BCUT2D eigenvalue weighted by molar-refractivity contribution is 5.94. The first-order valence-corrected chi connectivity index (χ1v) is 11.2. The Hall–Kier alpha value is -2.61. The van der Waals surface area contributed by atoms with Crippen LogP contribution in [0.3, 0.4) is 0 Å². The van der Waals surface area contributed by atoms with Gasteiger partial charge in [0.05, 0.1) is 0 Å². The lowest BCUT2D eigenvalue weighted by molar-refractivity contribution is 0.0555. The first-order chi connectivity index (χ1) is 14.8. The van der Waals surface area contributed by atoms with Crippen LogP contribution in [0.2, 0.25) is 0 Å². The fourth-order valence-corrected chi connectivity index (χ4v) is 4.72. The second-order valence-corrected chi connectivity index (χ2v) is 9.42. The van der Waals surface area contributed by atoms with E-state index in [2.05, 4.69) is 41.0 Å². The molecule has 0 aromatic heterocycles. The quantitative estimate of drug-likeness (QED) is 0.779. The van der Waals surface area contributed by atoms with Crippen LogP contribution in [-0.4, -0.2) is 58.6 Å². The summed E-state index contributed by atoms with van der Waals surface area (Å²) in [5.41, 5.74) is 3.41. The molecule has 2 aliphatic rings. The van der Waals surface area contributed by atoms with Crippen LogP contribution in [0.15, 0.2) is 48.5 Å². The van der Waals surface area contributed by atoms with Gasteiger partial charge in [0.1, 0.15) is 5.60 Å². The first-order valence-electron chi connectivity index (χ1n) is 11.2. The lowest BCUT2D eigenvalue weighted by Crippen LogP contribution is -2.51. The van der Waals surface area contributed by atoms with E-state index in [1.54, 1.807) is 13.8 Å². The van der Waals surface area contributed by atoms with Gasteiger partial charge in [-0.3, -0.25) is 9.69 Å². The zero-order valence-electron chi connectivity index (χ0n) is 18.8. The molecule has 0 spiro atoms. The predicted molar refractivity (Wildman–Crippen MR) is 124 cm³/mol. The molecule has 1 N–H and O–H groups in total. The Kier molecular flexibility index (Phi) is 6.18. The van der Waals surface area contributed by atoms with Gasteiger partial charge in [-0.25, -0.2) is 0 Å². The number of likely N-dealkylation sites (N-methyl/N-ethyl adjacent to an activating group) is 1. The van der Waals surface area contributed by atoms with Gasteiger partial charge in [0.2, 0.25) is 0 Å².